The van der Waals surface area contributed by atoms with Gasteiger partial charge in [0.15, 0.2) is 6.79 Å². The molecule has 0 atom stereocenters. The molecule has 1 aromatic carbocycles. The summed E-state index contributed by atoms with van der Waals surface area (Å²) in [6, 6.07) is 5.42. The Hall–Kier alpha value is -2.42. The van der Waals surface area contributed by atoms with Crippen LogP contribution >= 0.6 is 22.9 Å². The van der Waals surface area contributed by atoms with Crippen molar-refractivity contribution in [2.75, 3.05) is 6.79 Å². The van der Waals surface area contributed by atoms with Gasteiger partial charge in [-0.1, -0.05) is 16.8 Å². The number of benzene rings is 1. The second-order valence-electron chi connectivity index (χ2n) is 5.85. The Morgan fingerprint density at radius 1 is 1.37 bits per heavy atom. The number of thiophene rings is 1. The summed E-state index contributed by atoms with van der Waals surface area (Å²) in [6.07, 6.45) is 0.450. The third-order valence-corrected chi connectivity index (χ3v) is 4.83. The molecule has 3 aromatic rings. The molecular weight excluding hydrogens is 392 g/mol. The highest BCUT2D eigenvalue weighted by Crippen LogP contribution is 2.32. The Morgan fingerprint density at radius 2 is 2.30 bits per heavy atom. The van der Waals surface area contributed by atoms with E-state index in [2.05, 4.69) is 10.1 Å². The van der Waals surface area contributed by atoms with Gasteiger partial charge in [-0.05, 0) is 23.6 Å². The van der Waals surface area contributed by atoms with E-state index in [1.165, 1.54) is 0 Å². The summed E-state index contributed by atoms with van der Waals surface area (Å²) in [5.74, 6) is 1.21. The van der Waals surface area contributed by atoms with Crippen molar-refractivity contribution in [1.29, 1.82) is 0 Å². The molecule has 0 spiro atoms. The molecule has 27 heavy (non-hydrogen) atoms. The van der Waals surface area contributed by atoms with Gasteiger partial charge in [0.25, 0.3) is 0 Å². The van der Waals surface area contributed by atoms with Gasteiger partial charge in [-0.15, -0.1) is 0 Å². The first-order valence-electron chi connectivity index (χ1n) is 8.21. The van der Waals surface area contributed by atoms with Gasteiger partial charge in [-0.2, -0.15) is 16.3 Å². The van der Waals surface area contributed by atoms with Crippen LogP contribution in [0.25, 0.3) is 11.4 Å². The number of aryl methyl sites for hydroxylation is 1. The van der Waals surface area contributed by atoms with E-state index < -0.39 is 0 Å². The van der Waals surface area contributed by atoms with E-state index in [1.54, 1.807) is 23.5 Å². The van der Waals surface area contributed by atoms with E-state index in [1.807, 2.05) is 16.8 Å². The van der Waals surface area contributed by atoms with Crippen molar-refractivity contribution in [2.45, 2.75) is 26.1 Å². The first-order chi connectivity index (χ1) is 13.2. The van der Waals surface area contributed by atoms with E-state index in [0.717, 1.165) is 11.1 Å². The van der Waals surface area contributed by atoms with Gasteiger partial charge in [0.05, 0.1) is 13.0 Å². The Labute approximate surface area is 163 Å². The number of halogens is 1. The van der Waals surface area contributed by atoms with Crippen molar-refractivity contribution in [3.05, 3.63) is 51.0 Å². The molecule has 0 saturated heterocycles. The minimum atomic E-state index is -0.369. The Morgan fingerprint density at radius 3 is 3.15 bits per heavy atom. The quantitative estimate of drug-likeness (QED) is 0.572. The number of carbonyl (C=O) groups excluding carboxylic acids is 1. The molecule has 0 saturated carbocycles. The van der Waals surface area contributed by atoms with Crippen molar-refractivity contribution in [2.24, 2.45) is 0 Å². The lowest BCUT2D eigenvalue weighted by Gasteiger charge is -2.21. The zero-order chi connectivity index (χ0) is 18.6. The van der Waals surface area contributed by atoms with Crippen molar-refractivity contribution in [3.8, 4) is 17.1 Å². The number of ether oxygens (including phenoxy) is 3. The summed E-state index contributed by atoms with van der Waals surface area (Å²) < 4.78 is 21.3. The number of esters is 1. The van der Waals surface area contributed by atoms with Gasteiger partial charge < -0.3 is 18.7 Å². The Bertz CT molecular complexity index is 941. The molecule has 3 heterocycles. The smallest absolute Gasteiger partial charge is 0.306 e. The maximum Gasteiger partial charge on any atom is 0.306 e. The molecule has 0 radical (unpaired) electrons. The normalized spacial score (nSPS) is 13.1. The standard InChI is InChI=1S/C18H15ClN2O5S/c19-14-5-12-7-23-10-25-17(12)13(6-14)8-24-16(22)2-1-15-20-18(21-26-15)11-3-4-27-9-11/h3-6,9H,1-2,7-8,10H2. The van der Waals surface area contributed by atoms with Crippen LogP contribution in [0.4, 0.5) is 0 Å². The first-order valence-corrected chi connectivity index (χ1v) is 9.54. The molecule has 140 valence electrons. The summed E-state index contributed by atoms with van der Waals surface area (Å²) in [5.41, 5.74) is 2.45. The van der Waals surface area contributed by atoms with Crippen LogP contribution in [0.15, 0.2) is 33.5 Å². The number of hydrogen-bond acceptors (Lipinski definition) is 8. The molecular formula is C18H15ClN2O5S. The van der Waals surface area contributed by atoms with Gasteiger partial charge >= 0.3 is 5.97 Å². The van der Waals surface area contributed by atoms with E-state index in [9.17, 15) is 4.79 Å². The van der Waals surface area contributed by atoms with Crippen molar-refractivity contribution < 1.29 is 23.5 Å². The zero-order valence-electron chi connectivity index (χ0n) is 14.1. The highest BCUT2D eigenvalue weighted by Gasteiger charge is 2.18. The lowest BCUT2D eigenvalue weighted by molar-refractivity contribution is -0.145. The minimum Gasteiger partial charge on any atom is -0.467 e. The topological polar surface area (TPSA) is 83.7 Å². The third-order valence-electron chi connectivity index (χ3n) is 3.93. The fraction of sp³-hybridized carbons (Fsp3) is 0.278. The first kappa shape index (κ1) is 18.0. The summed E-state index contributed by atoms with van der Waals surface area (Å²) in [6.45, 7) is 0.658. The van der Waals surface area contributed by atoms with Crippen LogP contribution in [-0.4, -0.2) is 22.9 Å². The van der Waals surface area contributed by atoms with Crippen molar-refractivity contribution >= 4 is 28.9 Å². The predicted molar refractivity (Wildman–Crippen MR) is 97.5 cm³/mol. The van der Waals surface area contributed by atoms with E-state index in [-0.39, 0.29) is 25.8 Å². The van der Waals surface area contributed by atoms with Crippen LogP contribution in [0.2, 0.25) is 5.02 Å². The maximum absolute atomic E-state index is 12.1. The third kappa shape index (κ3) is 4.29. The summed E-state index contributed by atoms with van der Waals surface area (Å²) in [4.78, 5) is 16.4. The lowest BCUT2D eigenvalue weighted by atomic mass is 10.1. The highest BCUT2D eigenvalue weighted by atomic mass is 35.5. The second-order valence-corrected chi connectivity index (χ2v) is 7.06. The van der Waals surface area contributed by atoms with Crippen molar-refractivity contribution in [3.63, 3.8) is 0 Å². The molecule has 0 fully saturated rings. The number of carbonyl (C=O) groups is 1. The number of hydrogen-bond donors (Lipinski definition) is 0. The molecule has 9 heteroatoms. The fourth-order valence-electron chi connectivity index (χ4n) is 2.67. The molecule has 1 aliphatic heterocycles. The maximum atomic E-state index is 12.1. The molecule has 2 aromatic heterocycles. The molecule has 0 bridgehead atoms. The van der Waals surface area contributed by atoms with Crippen LogP contribution in [0.1, 0.15) is 23.4 Å². The molecule has 0 unspecified atom stereocenters. The second kappa shape index (κ2) is 8.08. The van der Waals surface area contributed by atoms with Gasteiger partial charge in [0.2, 0.25) is 11.7 Å². The van der Waals surface area contributed by atoms with Crippen LogP contribution < -0.4 is 4.74 Å². The molecule has 0 amide bonds. The Kier molecular flexibility index (Phi) is 5.38. The average molecular weight is 407 g/mol. The molecule has 1 aliphatic rings. The largest absolute Gasteiger partial charge is 0.467 e. The number of nitrogens with zero attached hydrogens (tertiary/aromatic N) is 2. The van der Waals surface area contributed by atoms with E-state index >= 15 is 0 Å². The summed E-state index contributed by atoms with van der Waals surface area (Å²) in [7, 11) is 0. The van der Waals surface area contributed by atoms with Crippen LogP contribution in [0, 0.1) is 0 Å². The number of aromatic nitrogens is 2. The van der Waals surface area contributed by atoms with E-state index in [0.29, 0.717) is 41.1 Å². The summed E-state index contributed by atoms with van der Waals surface area (Å²) >= 11 is 7.66. The number of fused-ring (bicyclic) bond motifs is 1. The van der Waals surface area contributed by atoms with Crippen LogP contribution in [0.3, 0.4) is 0 Å². The molecule has 0 aliphatic carbocycles. The monoisotopic (exact) mass is 406 g/mol. The minimum absolute atomic E-state index is 0.0751. The number of rotatable bonds is 6. The van der Waals surface area contributed by atoms with Gasteiger partial charge in [0.1, 0.15) is 12.4 Å². The van der Waals surface area contributed by atoms with Crippen LogP contribution in [0.5, 0.6) is 5.75 Å². The highest BCUT2D eigenvalue weighted by molar-refractivity contribution is 7.08. The van der Waals surface area contributed by atoms with Gasteiger partial charge in [0, 0.05) is 33.5 Å². The summed E-state index contributed by atoms with van der Waals surface area (Å²) in [5, 5.41) is 8.33. The van der Waals surface area contributed by atoms with Gasteiger partial charge in [-0.3, -0.25) is 4.79 Å². The molecule has 4 rings (SSSR count). The lowest BCUT2D eigenvalue weighted by Crippen LogP contribution is -2.14. The molecule has 0 N–H and O–H groups in total. The van der Waals surface area contributed by atoms with E-state index in [4.69, 9.17) is 30.3 Å². The van der Waals surface area contributed by atoms with Gasteiger partial charge in [-0.25, -0.2) is 0 Å². The fourth-order valence-corrected chi connectivity index (χ4v) is 3.57. The van der Waals surface area contributed by atoms with Crippen LogP contribution in [-0.2, 0) is 33.9 Å². The van der Waals surface area contributed by atoms with Crippen molar-refractivity contribution in [1.82, 2.24) is 10.1 Å². The molecule has 7 nitrogen and oxygen atoms in total. The Balaban J connectivity index is 1.32. The predicted octanol–water partition coefficient (Wildman–Crippen LogP) is 3.99. The average Bonchev–Trinajstić information content (AvgIpc) is 3.35. The SMILES string of the molecule is O=C(CCc1nc(-c2ccsc2)no1)OCc1cc(Cl)cc2c1OCOC2. The zero-order valence-corrected chi connectivity index (χ0v) is 15.7.